The fourth-order valence-electron chi connectivity index (χ4n) is 1.31. The van der Waals surface area contributed by atoms with Crippen LogP contribution < -0.4 is 11.3 Å². The Bertz CT molecular complexity index is 465. The minimum atomic E-state index is 0.597. The Labute approximate surface area is 93.8 Å². The van der Waals surface area contributed by atoms with Crippen molar-refractivity contribution in [1.29, 1.82) is 0 Å². The Kier molecular flexibility index (Phi) is 3.25. The molecule has 0 bridgehead atoms. The van der Waals surface area contributed by atoms with Crippen LogP contribution in [0.5, 0.6) is 0 Å². The van der Waals surface area contributed by atoms with Gasteiger partial charge < -0.3 is 5.43 Å². The van der Waals surface area contributed by atoms with E-state index >= 15 is 0 Å². The van der Waals surface area contributed by atoms with E-state index in [0.29, 0.717) is 5.84 Å². The summed E-state index contributed by atoms with van der Waals surface area (Å²) in [4.78, 5) is 8.41. The summed E-state index contributed by atoms with van der Waals surface area (Å²) in [7, 11) is 0. The number of hydrogen-bond donors (Lipinski definition) is 2. The first-order chi connectivity index (χ1) is 7.90. The van der Waals surface area contributed by atoms with Crippen LogP contribution in [0, 0.1) is 0 Å². The molecule has 0 saturated heterocycles. The second kappa shape index (κ2) is 5.04. The summed E-state index contributed by atoms with van der Waals surface area (Å²) in [6, 6.07) is 13.4. The number of aliphatic imine (C=N–C) groups is 1. The minimum Gasteiger partial charge on any atom is -0.308 e. The lowest BCUT2D eigenvalue weighted by Gasteiger charge is -2.04. The monoisotopic (exact) mass is 212 g/mol. The molecule has 2 aromatic rings. The van der Waals surface area contributed by atoms with E-state index in [9.17, 15) is 0 Å². The molecule has 2 rings (SSSR count). The number of nitrogens with zero attached hydrogens (tertiary/aromatic N) is 2. The van der Waals surface area contributed by atoms with Gasteiger partial charge in [0.05, 0.1) is 5.69 Å². The van der Waals surface area contributed by atoms with Crippen molar-refractivity contribution in [3.8, 4) is 0 Å². The van der Waals surface area contributed by atoms with Crippen LogP contribution in [-0.4, -0.2) is 10.8 Å². The van der Waals surface area contributed by atoms with Crippen LogP contribution in [0.3, 0.4) is 0 Å². The number of rotatable bonds is 2. The molecule has 1 aromatic carbocycles. The fraction of sp³-hybridized carbons (Fsp3) is 0. The molecule has 4 heteroatoms. The fourth-order valence-corrected chi connectivity index (χ4v) is 1.31. The van der Waals surface area contributed by atoms with Gasteiger partial charge in [-0.2, -0.15) is 0 Å². The highest BCUT2D eigenvalue weighted by atomic mass is 15.2. The third-order valence-corrected chi connectivity index (χ3v) is 2.07. The van der Waals surface area contributed by atoms with E-state index in [2.05, 4.69) is 15.4 Å². The number of hydrazine groups is 1. The van der Waals surface area contributed by atoms with Crippen molar-refractivity contribution in [3.05, 3.63) is 60.4 Å². The van der Waals surface area contributed by atoms with Gasteiger partial charge in [-0.05, 0) is 24.3 Å². The Balaban J connectivity index is 2.34. The van der Waals surface area contributed by atoms with Gasteiger partial charge >= 0.3 is 0 Å². The van der Waals surface area contributed by atoms with Crippen LogP contribution in [0.4, 0.5) is 5.69 Å². The van der Waals surface area contributed by atoms with Gasteiger partial charge in [-0.15, -0.1) is 0 Å². The molecule has 1 aromatic heterocycles. The lowest BCUT2D eigenvalue weighted by Crippen LogP contribution is -2.30. The zero-order valence-corrected chi connectivity index (χ0v) is 8.67. The van der Waals surface area contributed by atoms with E-state index in [0.717, 1.165) is 11.3 Å². The average Bonchev–Trinajstić information content (AvgIpc) is 2.38. The Morgan fingerprint density at radius 1 is 1.12 bits per heavy atom. The first kappa shape index (κ1) is 10.3. The Hall–Kier alpha value is -2.20. The maximum atomic E-state index is 5.44. The quantitative estimate of drug-likeness (QED) is 0.344. The summed E-state index contributed by atoms with van der Waals surface area (Å²) in [6.45, 7) is 0. The lowest BCUT2D eigenvalue weighted by atomic mass is 10.2. The van der Waals surface area contributed by atoms with Crippen molar-refractivity contribution >= 4 is 11.5 Å². The highest BCUT2D eigenvalue weighted by Gasteiger charge is 2.00. The smallest absolute Gasteiger partial charge is 0.149 e. The summed E-state index contributed by atoms with van der Waals surface area (Å²) in [6.07, 6.45) is 3.42. The number of benzene rings is 1. The topological polar surface area (TPSA) is 63.3 Å². The summed E-state index contributed by atoms with van der Waals surface area (Å²) >= 11 is 0. The van der Waals surface area contributed by atoms with Crippen LogP contribution in [0.2, 0.25) is 0 Å². The molecule has 0 unspecified atom stereocenters. The van der Waals surface area contributed by atoms with Crippen LogP contribution in [-0.2, 0) is 0 Å². The van der Waals surface area contributed by atoms with Crippen LogP contribution >= 0.6 is 0 Å². The van der Waals surface area contributed by atoms with Crippen molar-refractivity contribution in [1.82, 2.24) is 10.4 Å². The standard InChI is InChI=1S/C12H12N4/c13-16-12(10-5-4-8-14-9-10)15-11-6-2-1-3-7-11/h1-9H,13H2,(H,15,16). The number of nitrogens with one attached hydrogen (secondary N) is 1. The average molecular weight is 212 g/mol. The largest absolute Gasteiger partial charge is 0.308 e. The van der Waals surface area contributed by atoms with Crippen LogP contribution in [0.1, 0.15) is 5.56 Å². The molecular weight excluding hydrogens is 200 g/mol. The first-order valence-corrected chi connectivity index (χ1v) is 4.91. The molecule has 0 aliphatic rings. The van der Waals surface area contributed by atoms with Crippen molar-refractivity contribution < 1.29 is 0 Å². The van der Waals surface area contributed by atoms with Gasteiger partial charge in [0.25, 0.3) is 0 Å². The van der Waals surface area contributed by atoms with Gasteiger partial charge in [0.1, 0.15) is 5.84 Å². The highest BCUT2D eigenvalue weighted by Crippen LogP contribution is 2.11. The molecule has 1 heterocycles. The van der Waals surface area contributed by atoms with E-state index < -0.39 is 0 Å². The third-order valence-electron chi connectivity index (χ3n) is 2.07. The van der Waals surface area contributed by atoms with Gasteiger partial charge in [0, 0.05) is 18.0 Å². The molecule has 0 atom stereocenters. The summed E-state index contributed by atoms with van der Waals surface area (Å²) in [5.41, 5.74) is 4.28. The maximum Gasteiger partial charge on any atom is 0.149 e. The molecule has 4 nitrogen and oxygen atoms in total. The number of hydrogen-bond acceptors (Lipinski definition) is 3. The highest BCUT2D eigenvalue weighted by molar-refractivity contribution is 5.99. The second-order valence-corrected chi connectivity index (χ2v) is 3.18. The van der Waals surface area contributed by atoms with Crippen molar-refractivity contribution in [3.63, 3.8) is 0 Å². The molecular formula is C12H12N4. The SMILES string of the molecule is NNC(=Nc1ccccc1)c1cccnc1. The number of nitrogens with two attached hydrogens (primary N) is 1. The predicted octanol–water partition coefficient (Wildman–Crippen LogP) is 1.62. The zero-order chi connectivity index (χ0) is 11.2. The summed E-state index contributed by atoms with van der Waals surface area (Å²) in [5.74, 6) is 6.04. The normalized spacial score (nSPS) is 11.2. The Morgan fingerprint density at radius 3 is 2.56 bits per heavy atom. The maximum absolute atomic E-state index is 5.44. The van der Waals surface area contributed by atoms with E-state index in [-0.39, 0.29) is 0 Å². The van der Waals surface area contributed by atoms with Crippen LogP contribution in [0.15, 0.2) is 59.9 Å². The molecule has 0 amide bonds. The second-order valence-electron chi connectivity index (χ2n) is 3.18. The molecule has 16 heavy (non-hydrogen) atoms. The van der Waals surface area contributed by atoms with Gasteiger partial charge in [-0.3, -0.25) is 4.98 Å². The van der Waals surface area contributed by atoms with Gasteiger partial charge in [0.15, 0.2) is 0 Å². The van der Waals surface area contributed by atoms with Gasteiger partial charge in [0.2, 0.25) is 0 Å². The molecule has 80 valence electrons. The van der Waals surface area contributed by atoms with Gasteiger partial charge in [-0.25, -0.2) is 10.8 Å². The van der Waals surface area contributed by atoms with Crippen molar-refractivity contribution in [2.75, 3.05) is 0 Å². The first-order valence-electron chi connectivity index (χ1n) is 4.91. The lowest BCUT2D eigenvalue weighted by molar-refractivity contribution is 1.02. The number of para-hydroxylation sites is 1. The van der Waals surface area contributed by atoms with Crippen molar-refractivity contribution in [2.45, 2.75) is 0 Å². The summed E-state index contributed by atoms with van der Waals surface area (Å²) in [5, 5.41) is 0. The van der Waals surface area contributed by atoms with E-state index in [1.165, 1.54) is 0 Å². The summed E-state index contributed by atoms with van der Waals surface area (Å²) < 4.78 is 0. The minimum absolute atomic E-state index is 0.597. The molecule has 0 spiro atoms. The van der Waals surface area contributed by atoms with Gasteiger partial charge in [-0.1, -0.05) is 18.2 Å². The number of aromatic nitrogens is 1. The van der Waals surface area contributed by atoms with E-state index in [1.54, 1.807) is 12.4 Å². The Morgan fingerprint density at radius 2 is 1.94 bits per heavy atom. The molecule has 0 radical (unpaired) electrons. The molecule has 0 aliphatic heterocycles. The molecule has 0 fully saturated rings. The zero-order valence-electron chi connectivity index (χ0n) is 8.67. The third kappa shape index (κ3) is 2.43. The predicted molar refractivity (Wildman–Crippen MR) is 64.2 cm³/mol. The molecule has 0 saturated carbocycles. The molecule has 3 N–H and O–H groups in total. The van der Waals surface area contributed by atoms with Crippen molar-refractivity contribution in [2.24, 2.45) is 10.8 Å². The van der Waals surface area contributed by atoms with E-state index in [1.807, 2.05) is 42.5 Å². The van der Waals surface area contributed by atoms with E-state index in [4.69, 9.17) is 5.84 Å². The number of amidine groups is 1. The molecule has 0 aliphatic carbocycles. The van der Waals surface area contributed by atoms with Crippen LogP contribution in [0.25, 0.3) is 0 Å². The number of pyridine rings is 1.